The van der Waals surface area contributed by atoms with Crippen LogP contribution in [0.2, 0.25) is 5.02 Å². The van der Waals surface area contributed by atoms with Crippen LogP contribution < -0.4 is 10.9 Å². The number of hydrogen-bond acceptors (Lipinski definition) is 10. The molecular formula is C29H28ClN9O5. The number of imidazole rings is 1. The number of amides is 1. The average Bonchev–Trinajstić information content (AvgIpc) is 3.81. The lowest BCUT2D eigenvalue weighted by atomic mass is 10.0. The number of aromatic nitrogens is 8. The van der Waals surface area contributed by atoms with Crippen LogP contribution in [0.15, 0.2) is 66.0 Å². The molecule has 0 unspecified atom stereocenters. The number of anilines is 1. The number of hydrogen-bond donors (Lipinski definition) is 2. The van der Waals surface area contributed by atoms with Crippen molar-refractivity contribution in [2.24, 2.45) is 0 Å². The maximum absolute atomic E-state index is 13.5. The molecule has 0 saturated heterocycles. The summed E-state index contributed by atoms with van der Waals surface area (Å²) in [4.78, 5) is 37.7. The number of aryl methyl sites for hydroxylation is 1. The van der Waals surface area contributed by atoms with Crippen LogP contribution >= 0.6 is 11.6 Å². The fraction of sp³-hybridized carbons (Fsp3) is 0.276. The molecule has 6 rings (SSSR count). The van der Waals surface area contributed by atoms with E-state index >= 15 is 0 Å². The standard InChI is InChI=1S/C29H28ClN9O5/c1-42-8-9-43-10-11-44-29(41)35-26-7-2-18(15-31-26)23-16-32-28(34-23)25-6-4-21-12-19(13-27(40)39(21)25)22-14-20(30)3-5-24(22)38-17-33-36-37-38/h2-3,5,7,12-17,25H,4,6,8-11H2,1H3,(H,32,34)(H,31,35,41)/t25-/m0/s1. The van der Waals surface area contributed by atoms with Crippen LogP contribution in [0.25, 0.3) is 28.1 Å². The van der Waals surface area contributed by atoms with Gasteiger partial charge in [-0.3, -0.25) is 10.1 Å². The normalized spacial score (nSPS) is 14.0. The van der Waals surface area contributed by atoms with Gasteiger partial charge in [0.1, 0.15) is 24.6 Å². The first kappa shape index (κ1) is 29.2. The molecule has 4 aromatic heterocycles. The Hall–Kier alpha value is -4.92. The first-order chi connectivity index (χ1) is 21.5. The number of methoxy groups -OCH3 is 1. The van der Waals surface area contributed by atoms with Crippen LogP contribution in [-0.4, -0.2) is 79.4 Å². The molecule has 15 heteroatoms. The van der Waals surface area contributed by atoms with Crippen LogP contribution in [0.3, 0.4) is 0 Å². The van der Waals surface area contributed by atoms with Gasteiger partial charge in [-0.05, 0) is 65.2 Å². The number of carbonyl (C=O) groups excluding carboxylic acids is 1. The molecule has 226 valence electrons. The number of rotatable bonds is 11. The zero-order valence-electron chi connectivity index (χ0n) is 23.6. The number of carbonyl (C=O) groups is 1. The molecule has 5 aromatic rings. The first-order valence-electron chi connectivity index (χ1n) is 13.8. The molecule has 5 heterocycles. The minimum Gasteiger partial charge on any atom is -0.447 e. The van der Waals surface area contributed by atoms with Crippen molar-refractivity contribution in [2.45, 2.75) is 18.9 Å². The number of pyridine rings is 2. The molecule has 1 atom stereocenters. The van der Waals surface area contributed by atoms with Crippen LogP contribution in [0.1, 0.15) is 24.0 Å². The highest BCUT2D eigenvalue weighted by atomic mass is 35.5. The van der Waals surface area contributed by atoms with Crippen molar-refractivity contribution >= 4 is 23.5 Å². The third-order valence-electron chi connectivity index (χ3n) is 7.11. The van der Waals surface area contributed by atoms with E-state index in [-0.39, 0.29) is 24.8 Å². The predicted octanol–water partition coefficient (Wildman–Crippen LogP) is 3.68. The Balaban J connectivity index is 1.14. The summed E-state index contributed by atoms with van der Waals surface area (Å²) in [6.45, 7) is 1.29. The van der Waals surface area contributed by atoms with E-state index in [1.165, 1.54) is 11.0 Å². The van der Waals surface area contributed by atoms with Gasteiger partial charge < -0.3 is 23.8 Å². The van der Waals surface area contributed by atoms with Crippen LogP contribution in [0.4, 0.5) is 10.6 Å². The van der Waals surface area contributed by atoms with Gasteiger partial charge in [0.15, 0.2) is 0 Å². The predicted molar refractivity (Wildman–Crippen MR) is 160 cm³/mol. The van der Waals surface area contributed by atoms with Crippen molar-refractivity contribution in [1.82, 2.24) is 39.7 Å². The van der Waals surface area contributed by atoms with E-state index < -0.39 is 6.09 Å². The summed E-state index contributed by atoms with van der Waals surface area (Å²) in [7, 11) is 1.59. The highest BCUT2D eigenvalue weighted by Gasteiger charge is 2.28. The molecular weight excluding hydrogens is 590 g/mol. The van der Waals surface area contributed by atoms with E-state index in [2.05, 4.69) is 35.8 Å². The number of H-pyrrole nitrogens is 1. The van der Waals surface area contributed by atoms with E-state index in [4.69, 9.17) is 25.8 Å². The molecule has 0 fully saturated rings. The average molecular weight is 618 g/mol. The first-order valence-corrected chi connectivity index (χ1v) is 14.2. The summed E-state index contributed by atoms with van der Waals surface area (Å²) >= 11 is 6.32. The Bertz CT molecular complexity index is 1800. The molecule has 1 amide bonds. The smallest absolute Gasteiger partial charge is 0.412 e. The van der Waals surface area contributed by atoms with Crippen LogP contribution in [-0.2, 0) is 20.6 Å². The number of nitrogens with one attached hydrogen (secondary N) is 2. The number of tetrazole rings is 1. The van der Waals surface area contributed by atoms with Gasteiger partial charge in [-0.15, -0.1) is 5.10 Å². The quantitative estimate of drug-likeness (QED) is 0.209. The van der Waals surface area contributed by atoms with Gasteiger partial charge in [-0.25, -0.2) is 14.8 Å². The highest BCUT2D eigenvalue weighted by molar-refractivity contribution is 6.31. The maximum atomic E-state index is 13.5. The molecule has 1 aliphatic rings. The fourth-order valence-corrected chi connectivity index (χ4v) is 5.25. The van der Waals surface area contributed by atoms with Crippen LogP contribution in [0.5, 0.6) is 0 Å². The van der Waals surface area contributed by atoms with E-state index in [9.17, 15) is 9.59 Å². The lowest BCUT2D eigenvalue weighted by Gasteiger charge is -2.15. The van der Waals surface area contributed by atoms with Gasteiger partial charge in [0.2, 0.25) is 0 Å². The molecule has 0 radical (unpaired) electrons. The van der Waals surface area contributed by atoms with E-state index in [0.29, 0.717) is 48.4 Å². The second-order valence-corrected chi connectivity index (χ2v) is 10.3. The molecule has 0 aliphatic carbocycles. The minimum absolute atomic E-state index is 0.113. The monoisotopic (exact) mass is 617 g/mol. The highest BCUT2D eigenvalue weighted by Crippen LogP contribution is 2.34. The number of ether oxygens (including phenoxy) is 3. The molecule has 44 heavy (non-hydrogen) atoms. The molecule has 0 spiro atoms. The van der Waals surface area contributed by atoms with Gasteiger partial charge >= 0.3 is 6.09 Å². The number of aromatic amines is 1. The van der Waals surface area contributed by atoms with Gasteiger partial charge in [0.05, 0.1) is 43.4 Å². The maximum Gasteiger partial charge on any atom is 0.412 e. The number of halogens is 1. The van der Waals surface area contributed by atoms with Crippen molar-refractivity contribution in [3.8, 4) is 28.1 Å². The van der Waals surface area contributed by atoms with Crippen molar-refractivity contribution in [2.75, 3.05) is 38.9 Å². The molecule has 1 aliphatic heterocycles. The Morgan fingerprint density at radius 3 is 2.75 bits per heavy atom. The van der Waals surface area contributed by atoms with Crippen LogP contribution in [0, 0.1) is 0 Å². The number of fused-ring (bicyclic) bond motifs is 1. The Morgan fingerprint density at radius 2 is 1.95 bits per heavy atom. The third-order valence-corrected chi connectivity index (χ3v) is 7.34. The van der Waals surface area contributed by atoms with Gasteiger partial charge in [-0.1, -0.05) is 11.6 Å². The summed E-state index contributed by atoms with van der Waals surface area (Å²) in [5.41, 5.74) is 4.44. The van der Waals surface area contributed by atoms with Gasteiger partial charge in [-0.2, -0.15) is 4.68 Å². The molecule has 1 aromatic carbocycles. The molecule has 2 N–H and O–H groups in total. The Kier molecular flexibility index (Phi) is 8.72. The lowest BCUT2D eigenvalue weighted by Crippen LogP contribution is -2.23. The number of nitrogens with zero attached hydrogens (tertiary/aromatic N) is 7. The molecule has 0 bridgehead atoms. The van der Waals surface area contributed by atoms with Crippen molar-refractivity contribution in [3.05, 3.63) is 88.1 Å². The van der Waals surface area contributed by atoms with Crippen molar-refractivity contribution in [1.29, 1.82) is 0 Å². The summed E-state index contributed by atoms with van der Waals surface area (Å²) in [6.07, 6.45) is 5.60. The largest absolute Gasteiger partial charge is 0.447 e. The molecule has 0 saturated carbocycles. The van der Waals surface area contributed by atoms with E-state index in [1.807, 2.05) is 18.2 Å². The Morgan fingerprint density at radius 1 is 1.07 bits per heavy atom. The van der Waals surface area contributed by atoms with Crippen molar-refractivity contribution in [3.63, 3.8) is 0 Å². The zero-order chi connectivity index (χ0) is 30.5. The SMILES string of the molecule is COCCOCCOC(=O)Nc1ccc(-c2cnc([C@@H]3CCc4cc(-c5cc(Cl)ccc5-n5cnnn5)cc(=O)n43)[nH]2)cn1. The summed E-state index contributed by atoms with van der Waals surface area (Å²) in [6, 6.07) is 12.2. The minimum atomic E-state index is -0.625. The van der Waals surface area contributed by atoms with Crippen molar-refractivity contribution < 1.29 is 19.0 Å². The summed E-state index contributed by atoms with van der Waals surface area (Å²) < 4.78 is 18.5. The zero-order valence-corrected chi connectivity index (χ0v) is 24.4. The fourth-order valence-electron chi connectivity index (χ4n) is 5.08. The summed E-state index contributed by atoms with van der Waals surface area (Å²) in [5, 5.41) is 14.6. The third kappa shape index (κ3) is 6.37. The molecule has 14 nitrogen and oxygen atoms in total. The summed E-state index contributed by atoms with van der Waals surface area (Å²) in [5.74, 6) is 1.01. The lowest BCUT2D eigenvalue weighted by molar-refractivity contribution is 0.0447. The second-order valence-electron chi connectivity index (χ2n) is 9.89. The van der Waals surface area contributed by atoms with Gasteiger partial charge in [0.25, 0.3) is 5.56 Å². The Labute approximate surface area is 256 Å². The van der Waals surface area contributed by atoms with Gasteiger partial charge in [0, 0.05) is 41.2 Å². The second kappa shape index (κ2) is 13.2. The van der Waals surface area contributed by atoms with E-state index in [1.54, 1.807) is 48.3 Å². The number of benzene rings is 1. The topological polar surface area (TPSA) is 164 Å². The van der Waals surface area contributed by atoms with E-state index in [0.717, 1.165) is 28.1 Å².